The number of ether oxygens (including phenoxy) is 1. The van der Waals surface area contributed by atoms with Crippen molar-refractivity contribution in [3.8, 4) is 11.6 Å². The van der Waals surface area contributed by atoms with E-state index in [0.29, 0.717) is 24.0 Å². The Hall–Kier alpha value is -3.70. The lowest BCUT2D eigenvalue weighted by atomic mass is 10.1. The molecule has 34 heavy (non-hydrogen) atoms. The number of hydroxylamine groups is 1. The number of hydrogen-bond acceptors (Lipinski definition) is 8. The molecule has 5 rings (SSSR count). The number of nitrogens with one attached hydrogen (secondary N) is 1. The molecule has 0 radical (unpaired) electrons. The Morgan fingerprint density at radius 2 is 2.03 bits per heavy atom. The monoisotopic (exact) mass is 480 g/mol. The van der Waals surface area contributed by atoms with Crippen molar-refractivity contribution < 1.29 is 18.0 Å². The molecule has 0 amide bonds. The normalized spacial score (nSPS) is 16.4. The average molecular weight is 481 g/mol. The van der Waals surface area contributed by atoms with Crippen LogP contribution in [0.1, 0.15) is 23.0 Å². The first-order valence-corrected chi connectivity index (χ1v) is 12.4. The number of nitrogens with zero attached hydrogens (tertiary/aromatic N) is 5. The molecule has 3 aromatic heterocycles. The molecular weight excluding hydrogens is 456 g/mol. The Bertz CT molecular complexity index is 1540. The zero-order valence-corrected chi connectivity index (χ0v) is 20.0. The summed E-state index contributed by atoms with van der Waals surface area (Å²) in [5.74, 6) is 0.910. The maximum Gasteiger partial charge on any atom is 0.238 e. The van der Waals surface area contributed by atoms with Gasteiger partial charge < -0.3 is 13.9 Å². The van der Waals surface area contributed by atoms with Crippen molar-refractivity contribution in [2.75, 3.05) is 20.0 Å². The number of sulfone groups is 1. The number of fused-ring (bicyclic) bond motifs is 1. The summed E-state index contributed by atoms with van der Waals surface area (Å²) in [6, 6.07) is 8.56. The number of amidine groups is 1. The van der Waals surface area contributed by atoms with Gasteiger partial charge in [0.15, 0.2) is 15.7 Å². The minimum atomic E-state index is -3.30. The van der Waals surface area contributed by atoms with Crippen LogP contribution in [0.15, 0.2) is 58.9 Å². The van der Waals surface area contributed by atoms with E-state index in [1.54, 1.807) is 25.6 Å². The van der Waals surface area contributed by atoms with Gasteiger partial charge in [-0.15, -0.1) is 0 Å². The van der Waals surface area contributed by atoms with Gasteiger partial charge in [0.1, 0.15) is 24.0 Å². The van der Waals surface area contributed by atoms with E-state index in [-0.39, 0.29) is 10.9 Å². The van der Waals surface area contributed by atoms with Crippen molar-refractivity contribution in [2.24, 2.45) is 12.0 Å². The first-order valence-electron chi connectivity index (χ1n) is 10.6. The van der Waals surface area contributed by atoms with Gasteiger partial charge >= 0.3 is 0 Å². The van der Waals surface area contributed by atoms with Gasteiger partial charge in [-0.25, -0.2) is 23.9 Å². The summed E-state index contributed by atoms with van der Waals surface area (Å²) in [6.45, 7) is 2.23. The van der Waals surface area contributed by atoms with E-state index in [1.807, 2.05) is 53.7 Å². The predicted molar refractivity (Wildman–Crippen MR) is 127 cm³/mol. The maximum atomic E-state index is 12.0. The highest BCUT2D eigenvalue weighted by Gasteiger charge is 2.24. The Balaban J connectivity index is 1.52. The van der Waals surface area contributed by atoms with E-state index in [4.69, 9.17) is 14.6 Å². The number of benzene rings is 1. The summed E-state index contributed by atoms with van der Waals surface area (Å²) in [5, 5.41) is 0.921. The van der Waals surface area contributed by atoms with Gasteiger partial charge in [0.25, 0.3) is 0 Å². The number of aromatic nitrogens is 4. The molecule has 1 unspecified atom stereocenters. The molecule has 0 bridgehead atoms. The van der Waals surface area contributed by atoms with Crippen LogP contribution in [-0.4, -0.2) is 53.3 Å². The third-order valence-electron chi connectivity index (χ3n) is 5.74. The highest BCUT2D eigenvalue weighted by atomic mass is 32.2. The zero-order chi connectivity index (χ0) is 24.0. The minimum Gasteiger partial charge on any atom is -0.479 e. The lowest BCUT2D eigenvalue weighted by Crippen LogP contribution is -2.33. The van der Waals surface area contributed by atoms with Gasteiger partial charge in [-0.1, -0.05) is 6.07 Å². The van der Waals surface area contributed by atoms with Gasteiger partial charge in [0.2, 0.25) is 5.88 Å². The van der Waals surface area contributed by atoms with Crippen LogP contribution < -0.4 is 10.2 Å². The van der Waals surface area contributed by atoms with Gasteiger partial charge in [0, 0.05) is 42.2 Å². The summed E-state index contributed by atoms with van der Waals surface area (Å²) in [7, 11) is 0.146. The highest BCUT2D eigenvalue weighted by molar-refractivity contribution is 7.90. The Morgan fingerprint density at radius 1 is 1.21 bits per heavy atom. The van der Waals surface area contributed by atoms with E-state index < -0.39 is 9.84 Å². The predicted octanol–water partition coefficient (Wildman–Crippen LogP) is 2.50. The molecular formula is C23H24N6O4S. The average Bonchev–Trinajstić information content (AvgIpc) is 3.41. The highest BCUT2D eigenvalue weighted by Crippen LogP contribution is 2.32. The van der Waals surface area contributed by atoms with Crippen LogP contribution in [0.3, 0.4) is 0 Å². The quantitative estimate of drug-likeness (QED) is 0.467. The second-order valence-corrected chi connectivity index (χ2v) is 10.2. The lowest BCUT2D eigenvalue weighted by molar-refractivity contribution is 0.0623. The minimum absolute atomic E-state index is 0.281. The molecule has 4 heterocycles. The molecule has 0 aliphatic carbocycles. The molecule has 0 saturated heterocycles. The second-order valence-electron chi connectivity index (χ2n) is 8.20. The molecule has 11 heteroatoms. The summed E-state index contributed by atoms with van der Waals surface area (Å²) in [6.07, 6.45) is 6.76. The fourth-order valence-electron chi connectivity index (χ4n) is 4.04. The number of aryl methyl sites for hydroxylation is 2. The van der Waals surface area contributed by atoms with Gasteiger partial charge in [-0.3, -0.25) is 9.83 Å². The van der Waals surface area contributed by atoms with Crippen LogP contribution in [0, 0.1) is 6.92 Å². The molecule has 0 spiro atoms. The number of pyridine rings is 1. The third-order valence-corrected chi connectivity index (χ3v) is 6.85. The molecule has 0 fully saturated rings. The maximum absolute atomic E-state index is 12.0. The van der Waals surface area contributed by atoms with Crippen LogP contribution in [0.5, 0.6) is 5.88 Å². The summed E-state index contributed by atoms with van der Waals surface area (Å²) in [5.41, 5.74) is 6.83. The largest absolute Gasteiger partial charge is 0.479 e. The Kier molecular flexibility index (Phi) is 5.37. The van der Waals surface area contributed by atoms with Gasteiger partial charge in [-0.05, 0) is 31.2 Å². The first-order chi connectivity index (χ1) is 16.2. The molecule has 176 valence electrons. The van der Waals surface area contributed by atoms with Crippen molar-refractivity contribution in [1.29, 1.82) is 0 Å². The Morgan fingerprint density at radius 3 is 2.74 bits per heavy atom. The first kappa shape index (κ1) is 22.1. The second kappa shape index (κ2) is 8.26. The number of rotatable bonds is 5. The summed E-state index contributed by atoms with van der Waals surface area (Å²) in [4.78, 5) is 19.7. The van der Waals surface area contributed by atoms with Gasteiger partial charge in [-0.2, -0.15) is 0 Å². The van der Waals surface area contributed by atoms with Gasteiger partial charge in [0.05, 0.1) is 24.0 Å². The third kappa shape index (κ3) is 3.93. The smallest absolute Gasteiger partial charge is 0.238 e. The van der Waals surface area contributed by atoms with Crippen molar-refractivity contribution in [2.45, 2.75) is 17.9 Å². The number of hydrogen-bond donors (Lipinski definition) is 1. The van der Waals surface area contributed by atoms with E-state index in [0.717, 1.165) is 27.8 Å². The molecule has 1 aliphatic heterocycles. The van der Waals surface area contributed by atoms with Crippen LogP contribution in [0.4, 0.5) is 0 Å². The van der Waals surface area contributed by atoms with Crippen molar-refractivity contribution in [1.82, 2.24) is 24.6 Å². The fraction of sp³-hybridized carbons (Fsp3) is 0.261. The molecule has 1 aliphatic rings. The summed E-state index contributed by atoms with van der Waals surface area (Å²) < 4.78 is 33.2. The van der Waals surface area contributed by atoms with Crippen molar-refractivity contribution >= 4 is 26.6 Å². The standard InChI is InChI=1S/C23H24N6O4S/c1-14-10-29(13-24-14)20-8-7-18(26-23(20)32-3)22-25-19(12-33-27-22)17-11-28(2)21-9-15(34(4,30)31)5-6-16(17)21/h5-11,13,19H,12H2,1-4H3,(H,25,27). The fourth-order valence-corrected chi connectivity index (χ4v) is 4.68. The molecule has 4 aromatic rings. The van der Waals surface area contributed by atoms with E-state index >= 15 is 0 Å². The number of methoxy groups -OCH3 is 1. The number of aliphatic imine (C=N–C) groups is 1. The number of imidazole rings is 1. The lowest BCUT2D eigenvalue weighted by Gasteiger charge is -2.22. The van der Waals surface area contributed by atoms with E-state index in [2.05, 4.69) is 15.4 Å². The molecule has 1 atom stereocenters. The van der Waals surface area contributed by atoms with Crippen LogP contribution >= 0.6 is 0 Å². The van der Waals surface area contributed by atoms with Crippen LogP contribution in [0.2, 0.25) is 0 Å². The van der Waals surface area contributed by atoms with Crippen LogP contribution in [-0.2, 0) is 21.7 Å². The van der Waals surface area contributed by atoms with Crippen LogP contribution in [0.25, 0.3) is 16.6 Å². The summed E-state index contributed by atoms with van der Waals surface area (Å²) >= 11 is 0. The van der Waals surface area contributed by atoms with Crippen molar-refractivity contribution in [3.05, 3.63) is 66.0 Å². The molecule has 1 N–H and O–H groups in total. The van der Waals surface area contributed by atoms with Crippen molar-refractivity contribution in [3.63, 3.8) is 0 Å². The molecule has 1 aromatic carbocycles. The topological polar surface area (TPSA) is 113 Å². The van der Waals surface area contributed by atoms with E-state index in [9.17, 15) is 8.42 Å². The zero-order valence-electron chi connectivity index (χ0n) is 19.2. The SMILES string of the molecule is COc1nc(C2=NC(c3cn(C)c4cc(S(C)(=O)=O)ccc34)CON2)ccc1-n1cnc(C)c1. The van der Waals surface area contributed by atoms with E-state index in [1.165, 1.54) is 6.26 Å². The molecule has 0 saturated carbocycles. The molecule has 10 nitrogen and oxygen atoms in total. The Labute approximate surface area is 196 Å².